The molecular weight excluding hydrogens is 581 g/mol. The normalized spacial score (nSPS) is 23.2. The van der Waals surface area contributed by atoms with Gasteiger partial charge in [-0.05, 0) is 57.6 Å². The highest BCUT2D eigenvalue weighted by atomic mass is 32.2. The molecule has 1 N–H and O–H groups in total. The zero-order valence-corrected chi connectivity index (χ0v) is 25.7. The van der Waals surface area contributed by atoms with E-state index in [4.69, 9.17) is 9.98 Å². The first kappa shape index (κ1) is 26.9. The van der Waals surface area contributed by atoms with Gasteiger partial charge < -0.3 is 5.32 Å². The third-order valence-electron chi connectivity index (χ3n) is 9.63. The smallest absolute Gasteiger partial charge is 0.169 e. The van der Waals surface area contributed by atoms with Crippen LogP contribution >= 0.6 is 11.8 Å². The van der Waals surface area contributed by atoms with Crippen LogP contribution in [0.4, 0.5) is 0 Å². The van der Waals surface area contributed by atoms with Crippen molar-refractivity contribution in [2.24, 2.45) is 15.9 Å². The molecule has 2 aliphatic heterocycles. The molecule has 5 heteroatoms. The summed E-state index contributed by atoms with van der Waals surface area (Å²) in [6.07, 6.45) is 8.71. The van der Waals surface area contributed by atoms with Crippen molar-refractivity contribution in [3.05, 3.63) is 185 Å². The Morgan fingerprint density at radius 1 is 0.652 bits per heavy atom. The van der Waals surface area contributed by atoms with E-state index in [1.807, 2.05) is 54.2 Å². The second-order valence-corrected chi connectivity index (χ2v) is 13.3. The van der Waals surface area contributed by atoms with Crippen LogP contribution in [-0.4, -0.2) is 16.9 Å². The van der Waals surface area contributed by atoms with Crippen LogP contribution in [0.25, 0.3) is 11.1 Å². The second-order valence-electron chi connectivity index (χ2n) is 12.0. The summed E-state index contributed by atoms with van der Waals surface area (Å²) < 4.78 is 0. The third kappa shape index (κ3) is 4.00. The molecule has 2 heterocycles. The maximum Gasteiger partial charge on any atom is 0.169 e. The van der Waals surface area contributed by atoms with E-state index in [9.17, 15) is 5.26 Å². The first-order valence-corrected chi connectivity index (χ1v) is 16.5. The molecule has 0 radical (unpaired) electrons. The Balaban J connectivity index is 1.25. The van der Waals surface area contributed by atoms with Crippen LogP contribution in [0.5, 0.6) is 0 Å². The van der Waals surface area contributed by atoms with E-state index in [0.29, 0.717) is 5.56 Å². The van der Waals surface area contributed by atoms with Crippen molar-refractivity contribution in [2.45, 2.75) is 21.7 Å². The number of allylic oxidation sites excluding steroid dienone is 3. The van der Waals surface area contributed by atoms with E-state index >= 15 is 0 Å². The number of hydrogen-bond acceptors (Lipinski definition) is 5. The van der Waals surface area contributed by atoms with E-state index in [1.54, 1.807) is 0 Å². The van der Waals surface area contributed by atoms with Crippen LogP contribution in [0.3, 0.4) is 0 Å². The molecular formula is C41H28N4S. The molecule has 0 saturated heterocycles. The van der Waals surface area contributed by atoms with Gasteiger partial charge in [-0.25, -0.2) is 9.98 Å². The summed E-state index contributed by atoms with van der Waals surface area (Å²) in [5.41, 5.74) is 9.47. The highest BCUT2D eigenvalue weighted by molar-refractivity contribution is 8.00. The Labute approximate surface area is 272 Å². The Morgan fingerprint density at radius 2 is 1.39 bits per heavy atom. The van der Waals surface area contributed by atoms with Crippen molar-refractivity contribution < 1.29 is 0 Å². The molecule has 5 aromatic carbocycles. The summed E-state index contributed by atoms with van der Waals surface area (Å²) in [6.45, 7) is 0. The Morgan fingerprint density at radius 3 is 2.22 bits per heavy atom. The summed E-state index contributed by atoms with van der Waals surface area (Å²) in [5.74, 6) is 1.79. The summed E-state index contributed by atoms with van der Waals surface area (Å²) in [5, 5.41) is 13.9. The van der Waals surface area contributed by atoms with E-state index in [1.165, 1.54) is 32.7 Å². The fourth-order valence-corrected chi connectivity index (χ4v) is 9.07. The lowest BCUT2D eigenvalue weighted by atomic mass is 9.61. The fraction of sp³-hybridized carbons (Fsp3) is 0.0976. The van der Waals surface area contributed by atoms with Crippen LogP contribution in [0, 0.1) is 17.2 Å². The molecule has 0 aromatic heterocycles. The number of hydrogen-bond donors (Lipinski definition) is 1. The number of nitrogens with zero attached hydrogens (tertiary/aromatic N) is 3. The van der Waals surface area contributed by atoms with Crippen molar-refractivity contribution in [1.82, 2.24) is 5.32 Å². The van der Waals surface area contributed by atoms with Crippen LogP contribution in [-0.2, 0) is 5.41 Å². The van der Waals surface area contributed by atoms with Gasteiger partial charge in [0, 0.05) is 27.2 Å². The van der Waals surface area contributed by atoms with Gasteiger partial charge >= 0.3 is 0 Å². The molecule has 9 rings (SSSR count). The van der Waals surface area contributed by atoms with Crippen LogP contribution in [0.15, 0.2) is 161 Å². The molecule has 2 aliphatic carbocycles. The average molecular weight is 609 g/mol. The lowest BCUT2D eigenvalue weighted by Gasteiger charge is -2.47. The van der Waals surface area contributed by atoms with Gasteiger partial charge in [0.1, 0.15) is 11.7 Å². The van der Waals surface area contributed by atoms with Gasteiger partial charge in [-0.15, -0.1) is 11.8 Å². The Hall–Kier alpha value is -5.44. The van der Waals surface area contributed by atoms with Crippen molar-refractivity contribution in [3.8, 4) is 17.2 Å². The lowest BCUT2D eigenvalue weighted by Crippen LogP contribution is -2.43. The summed E-state index contributed by atoms with van der Waals surface area (Å²) in [7, 11) is 0. The van der Waals surface area contributed by atoms with Gasteiger partial charge in [0.05, 0.1) is 17.0 Å². The van der Waals surface area contributed by atoms with Gasteiger partial charge in [-0.3, -0.25) is 0 Å². The second kappa shape index (κ2) is 10.6. The van der Waals surface area contributed by atoms with Gasteiger partial charge in [0.25, 0.3) is 0 Å². The topological polar surface area (TPSA) is 60.5 Å². The number of benzene rings is 5. The summed E-state index contributed by atoms with van der Waals surface area (Å²) in [6, 6.07) is 44.8. The molecule has 4 unspecified atom stereocenters. The number of aliphatic imine (C=N–C) groups is 2. The van der Waals surface area contributed by atoms with Crippen LogP contribution in [0.1, 0.15) is 45.1 Å². The molecule has 4 atom stereocenters. The summed E-state index contributed by atoms with van der Waals surface area (Å²) in [4.78, 5) is 11.5. The quantitative estimate of drug-likeness (QED) is 0.223. The molecule has 4 aliphatic rings. The van der Waals surface area contributed by atoms with Crippen LogP contribution < -0.4 is 5.32 Å². The van der Waals surface area contributed by atoms with Crippen molar-refractivity contribution >= 4 is 23.4 Å². The van der Waals surface area contributed by atoms with Crippen molar-refractivity contribution in [2.75, 3.05) is 0 Å². The van der Waals surface area contributed by atoms with E-state index < -0.39 is 5.41 Å². The molecule has 0 amide bonds. The Kier molecular flexibility index (Phi) is 6.19. The van der Waals surface area contributed by atoms with Crippen LogP contribution in [0.2, 0.25) is 0 Å². The minimum Gasteiger partial charge on any atom is -0.324 e. The third-order valence-corrected chi connectivity index (χ3v) is 11.0. The molecule has 1 spiro atoms. The zero-order chi connectivity index (χ0) is 30.7. The standard InChI is InChI=1S/C41H28N4S/c42-25-26-19-21-30-31-24-29(40-44-38(27-11-3-1-4-12-27)43-39(45-40)28-13-5-2-6-14-28)20-22-32(31)41(35(30)23-26)33-15-7-9-17-36(33)46-37-18-10-8-16-34(37)41/h1-24,33,36,38H,(H,43,44,45). The maximum absolute atomic E-state index is 10.0. The molecule has 46 heavy (non-hydrogen) atoms. The molecule has 4 nitrogen and oxygen atoms in total. The number of nitriles is 1. The van der Waals surface area contributed by atoms with E-state index in [0.717, 1.165) is 28.4 Å². The van der Waals surface area contributed by atoms with Gasteiger partial charge in [0.2, 0.25) is 0 Å². The average Bonchev–Trinajstić information content (AvgIpc) is 3.41. The number of nitrogens with one attached hydrogen (secondary N) is 1. The number of fused-ring (bicyclic) bond motifs is 9. The van der Waals surface area contributed by atoms with Gasteiger partial charge in [0.15, 0.2) is 6.17 Å². The first-order valence-electron chi connectivity index (χ1n) is 15.6. The highest BCUT2D eigenvalue weighted by Crippen LogP contribution is 2.63. The zero-order valence-electron chi connectivity index (χ0n) is 24.8. The number of thioether (sulfide) groups is 1. The lowest BCUT2D eigenvalue weighted by molar-refractivity contribution is 0.449. The molecule has 0 fully saturated rings. The molecule has 0 saturated carbocycles. The maximum atomic E-state index is 10.0. The van der Waals surface area contributed by atoms with E-state index in [2.05, 4.69) is 115 Å². The predicted molar refractivity (Wildman–Crippen MR) is 186 cm³/mol. The SMILES string of the molecule is N#Cc1ccc2c(c1)C1(c3ccccc3SC3C=CC=CC31)c1ccc(C3=NC(c4ccccc4)N=C(c4ccccc4)N3)cc1-2. The predicted octanol–water partition coefficient (Wildman–Crippen LogP) is 8.58. The minimum atomic E-state index is -0.422. The largest absolute Gasteiger partial charge is 0.324 e. The first-order chi connectivity index (χ1) is 22.7. The Bertz CT molecular complexity index is 2190. The van der Waals surface area contributed by atoms with Crippen molar-refractivity contribution in [1.29, 1.82) is 5.26 Å². The molecule has 0 bridgehead atoms. The molecule has 218 valence electrons. The minimum absolute atomic E-state index is 0.196. The summed E-state index contributed by atoms with van der Waals surface area (Å²) >= 11 is 1.94. The molecule has 5 aromatic rings. The fourth-order valence-electron chi connectivity index (χ4n) is 7.65. The number of rotatable bonds is 3. The highest BCUT2D eigenvalue weighted by Gasteiger charge is 2.55. The van der Waals surface area contributed by atoms with Gasteiger partial charge in [-0.1, -0.05) is 121 Å². The van der Waals surface area contributed by atoms with Crippen molar-refractivity contribution in [3.63, 3.8) is 0 Å². The number of amidine groups is 2. The van der Waals surface area contributed by atoms with Gasteiger partial charge in [-0.2, -0.15) is 5.26 Å². The van der Waals surface area contributed by atoms with E-state index in [-0.39, 0.29) is 17.3 Å². The monoisotopic (exact) mass is 608 g/mol.